The number of aromatic nitrogens is 2. The summed E-state index contributed by atoms with van der Waals surface area (Å²) in [5, 5.41) is 0.629. The van der Waals surface area contributed by atoms with E-state index >= 15 is 0 Å². The normalized spacial score (nSPS) is 15.1. The molecule has 0 spiro atoms. The highest BCUT2D eigenvalue weighted by Crippen LogP contribution is 2.31. The Morgan fingerprint density at radius 3 is 2.31 bits per heavy atom. The second-order valence-corrected chi connectivity index (χ2v) is 8.17. The molecule has 0 amide bonds. The standard InChI is InChI=1S/C23H24Cl2N4O3/c24-14-23(31-11-12-32-23)10-9-15-1-7-18(8-2-15)30-13-19-20(21(26)29-22(27)28-19)16-3-5-17(25)6-4-16/h1-8H,9-14H2,(H4,26,27,28,29). The predicted molar refractivity (Wildman–Crippen MR) is 126 cm³/mol. The van der Waals surface area contributed by atoms with E-state index in [-0.39, 0.29) is 12.6 Å². The molecule has 7 nitrogen and oxygen atoms in total. The molecule has 1 saturated heterocycles. The Hall–Kier alpha value is -2.58. The third-order valence-corrected chi connectivity index (χ3v) is 5.93. The second-order valence-electron chi connectivity index (χ2n) is 7.47. The van der Waals surface area contributed by atoms with Crippen LogP contribution in [0.25, 0.3) is 11.1 Å². The van der Waals surface area contributed by atoms with Gasteiger partial charge in [-0.25, -0.2) is 4.98 Å². The van der Waals surface area contributed by atoms with E-state index in [1.807, 2.05) is 36.4 Å². The average Bonchev–Trinajstić information content (AvgIpc) is 3.27. The molecule has 1 aliphatic rings. The minimum absolute atomic E-state index is 0.0960. The Kier molecular flexibility index (Phi) is 7.01. The summed E-state index contributed by atoms with van der Waals surface area (Å²) in [5.74, 6) is 0.723. The largest absolute Gasteiger partial charge is 0.487 e. The number of benzene rings is 2. The number of anilines is 2. The third-order valence-electron chi connectivity index (χ3n) is 5.27. The molecule has 0 bridgehead atoms. The number of halogens is 2. The van der Waals surface area contributed by atoms with Crippen LogP contribution in [0.1, 0.15) is 17.7 Å². The van der Waals surface area contributed by atoms with E-state index in [9.17, 15) is 0 Å². The number of hydrogen-bond acceptors (Lipinski definition) is 7. The van der Waals surface area contributed by atoms with Crippen molar-refractivity contribution in [1.29, 1.82) is 0 Å². The Labute approximate surface area is 196 Å². The fourth-order valence-electron chi connectivity index (χ4n) is 3.61. The zero-order valence-corrected chi connectivity index (χ0v) is 18.9. The molecule has 168 valence electrons. The first-order chi connectivity index (χ1) is 15.5. The lowest BCUT2D eigenvalue weighted by molar-refractivity contribution is -0.143. The van der Waals surface area contributed by atoms with Crippen molar-refractivity contribution in [2.45, 2.75) is 25.2 Å². The number of hydrogen-bond donors (Lipinski definition) is 2. The molecule has 1 aromatic heterocycles. The molecule has 4 N–H and O–H groups in total. The van der Waals surface area contributed by atoms with Gasteiger partial charge in [0.25, 0.3) is 0 Å². The number of nitrogens with two attached hydrogens (primary N) is 2. The Bertz CT molecular complexity index is 1060. The molecule has 32 heavy (non-hydrogen) atoms. The molecule has 0 saturated carbocycles. The zero-order valence-electron chi connectivity index (χ0n) is 17.4. The Balaban J connectivity index is 1.44. The van der Waals surface area contributed by atoms with Crippen molar-refractivity contribution in [3.63, 3.8) is 0 Å². The lowest BCUT2D eigenvalue weighted by atomic mass is 10.0. The molecular weight excluding hydrogens is 451 g/mol. The van der Waals surface area contributed by atoms with E-state index in [0.717, 1.165) is 17.5 Å². The van der Waals surface area contributed by atoms with Gasteiger partial charge in [0.1, 0.15) is 18.2 Å². The van der Waals surface area contributed by atoms with Gasteiger partial charge in [0, 0.05) is 17.0 Å². The molecule has 3 aromatic rings. The van der Waals surface area contributed by atoms with Crippen LogP contribution in [0, 0.1) is 0 Å². The van der Waals surface area contributed by atoms with Crippen LogP contribution in [0.15, 0.2) is 48.5 Å². The first-order valence-corrected chi connectivity index (χ1v) is 11.1. The van der Waals surface area contributed by atoms with Crippen molar-refractivity contribution < 1.29 is 14.2 Å². The number of aryl methyl sites for hydroxylation is 1. The molecule has 4 rings (SSSR count). The summed E-state index contributed by atoms with van der Waals surface area (Å²) in [4.78, 5) is 8.44. The van der Waals surface area contributed by atoms with Crippen molar-refractivity contribution in [2.24, 2.45) is 0 Å². The molecule has 0 unspecified atom stereocenters. The van der Waals surface area contributed by atoms with Gasteiger partial charge in [0.05, 0.1) is 24.8 Å². The molecule has 9 heteroatoms. The third kappa shape index (κ3) is 5.24. The lowest BCUT2D eigenvalue weighted by Crippen LogP contribution is -2.32. The van der Waals surface area contributed by atoms with Crippen LogP contribution in [0.2, 0.25) is 5.02 Å². The fraction of sp³-hybridized carbons (Fsp3) is 0.304. The van der Waals surface area contributed by atoms with Gasteiger partial charge < -0.3 is 25.7 Å². The maximum Gasteiger partial charge on any atom is 0.222 e. The van der Waals surface area contributed by atoms with Gasteiger partial charge in [0.15, 0.2) is 5.79 Å². The number of ether oxygens (including phenoxy) is 3. The molecule has 0 atom stereocenters. The minimum Gasteiger partial charge on any atom is -0.487 e. The number of rotatable bonds is 8. The lowest BCUT2D eigenvalue weighted by Gasteiger charge is -2.24. The van der Waals surface area contributed by atoms with Crippen molar-refractivity contribution in [2.75, 3.05) is 30.6 Å². The molecule has 2 aromatic carbocycles. The molecule has 0 aliphatic carbocycles. The molecule has 1 aliphatic heterocycles. The topological polar surface area (TPSA) is 106 Å². The van der Waals surface area contributed by atoms with Crippen LogP contribution in [0.4, 0.5) is 11.8 Å². The molecule has 2 heterocycles. The first kappa shape index (κ1) is 22.6. The summed E-state index contributed by atoms with van der Waals surface area (Å²) < 4.78 is 17.3. The van der Waals surface area contributed by atoms with Crippen LogP contribution in [-0.4, -0.2) is 34.8 Å². The van der Waals surface area contributed by atoms with Crippen LogP contribution in [0.5, 0.6) is 5.75 Å². The van der Waals surface area contributed by atoms with Crippen molar-refractivity contribution in [1.82, 2.24) is 9.97 Å². The van der Waals surface area contributed by atoms with Crippen LogP contribution in [0.3, 0.4) is 0 Å². The monoisotopic (exact) mass is 474 g/mol. The molecule has 0 radical (unpaired) electrons. The fourth-order valence-corrected chi connectivity index (χ4v) is 4.02. The minimum atomic E-state index is -0.679. The van der Waals surface area contributed by atoms with Gasteiger partial charge in [-0.15, -0.1) is 11.6 Å². The highest BCUT2D eigenvalue weighted by Gasteiger charge is 2.35. The summed E-state index contributed by atoms with van der Waals surface area (Å²) in [6.45, 7) is 1.34. The summed E-state index contributed by atoms with van der Waals surface area (Å²) in [5.41, 5.74) is 15.2. The van der Waals surface area contributed by atoms with Crippen molar-refractivity contribution in [3.05, 3.63) is 64.8 Å². The maximum absolute atomic E-state index is 6.14. The van der Waals surface area contributed by atoms with Crippen molar-refractivity contribution >= 4 is 35.0 Å². The molecule has 1 fully saturated rings. The second kappa shape index (κ2) is 9.92. The van der Waals surface area contributed by atoms with E-state index in [1.54, 1.807) is 12.1 Å². The summed E-state index contributed by atoms with van der Waals surface area (Å²) in [7, 11) is 0. The van der Waals surface area contributed by atoms with Crippen LogP contribution < -0.4 is 16.2 Å². The quantitative estimate of drug-likeness (QED) is 0.464. The van der Waals surface area contributed by atoms with Crippen LogP contribution >= 0.6 is 23.2 Å². The number of nitrogens with zero attached hydrogens (tertiary/aromatic N) is 2. The van der Waals surface area contributed by atoms with E-state index in [1.165, 1.54) is 0 Å². The number of nitrogen functional groups attached to an aromatic ring is 2. The van der Waals surface area contributed by atoms with E-state index in [0.29, 0.717) is 53.4 Å². The van der Waals surface area contributed by atoms with Crippen molar-refractivity contribution in [3.8, 4) is 16.9 Å². The smallest absolute Gasteiger partial charge is 0.222 e. The maximum atomic E-state index is 6.14. The van der Waals surface area contributed by atoms with E-state index < -0.39 is 5.79 Å². The SMILES string of the molecule is Nc1nc(N)c(-c2ccc(Cl)cc2)c(COc2ccc(CCC3(CCl)OCCO3)cc2)n1. The van der Waals surface area contributed by atoms with Gasteiger partial charge in [-0.3, -0.25) is 0 Å². The summed E-state index contributed by atoms with van der Waals surface area (Å²) in [6.07, 6.45) is 1.48. The highest BCUT2D eigenvalue weighted by atomic mass is 35.5. The highest BCUT2D eigenvalue weighted by molar-refractivity contribution is 6.30. The first-order valence-electron chi connectivity index (χ1n) is 10.2. The van der Waals surface area contributed by atoms with Gasteiger partial charge in [-0.1, -0.05) is 35.9 Å². The van der Waals surface area contributed by atoms with Gasteiger partial charge in [-0.2, -0.15) is 4.98 Å². The van der Waals surface area contributed by atoms with Gasteiger partial charge in [0.2, 0.25) is 5.95 Å². The van der Waals surface area contributed by atoms with Gasteiger partial charge >= 0.3 is 0 Å². The van der Waals surface area contributed by atoms with E-state index in [2.05, 4.69) is 9.97 Å². The Morgan fingerprint density at radius 2 is 1.66 bits per heavy atom. The average molecular weight is 475 g/mol. The summed E-state index contributed by atoms with van der Waals surface area (Å²) in [6, 6.07) is 15.1. The van der Waals surface area contributed by atoms with Gasteiger partial charge in [-0.05, 0) is 41.8 Å². The zero-order chi connectivity index (χ0) is 22.6. The number of alkyl halides is 1. The molecular formula is C23H24Cl2N4O3. The Morgan fingerprint density at radius 1 is 0.969 bits per heavy atom. The summed E-state index contributed by atoms with van der Waals surface area (Å²) >= 11 is 12.0. The van der Waals surface area contributed by atoms with E-state index in [4.69, 9.17) is 48.9 Å². The predicted octanol–water partition coefficient (Wildman–Crippen LogP) is 4.45. The van der Waals surface area contributed by atoms with Crippen LogP contribution in [-0.2, 0) is 22.5 Å².